The summed E-state index contributed by atoms with van der Waals surface area (Å²) in [5.74, 6) is 2.00. The predicted molar refractivity (Wildman–Crippen MR) is 93.1 cm³/mol. The average molecular weight is 342 g/mol. The van der Waals surface area contributed by atoms with Crippen molar-refractivity contribution in [1.82, 2.24) is 5.43 Å². The van der Waals surface area contributed by atoms with Gasteiger partial charge in [-0.15, -0.1) is 11.3 Å². The quantitative estimate of drug-likeness (QED) is 0.687. The highest BCUT2D eigenvalue weighted by molar-refractivity contribution is 7.10. The summed E-state index contributed by atoms with van der Waals surface area (Å²) >= 11 is 1.68. The van der Waals surface area contributed by atoms with Gasteiger partial charge in [-0.1, -0.05) is 6.92 Å². The molecule has 1 unspecified atom stereocenters. The van der Waals surface area contributed by atoms with Crippen LogP contribution < -0.4 is 14.9 Å². The van der Waals surface area contributed by atoms with Crippen molar-refractivity contribution >= 4 is 23.5 Å². The molecular weight excluding hydrogens is 324 g/mol. The Morgan fingerprint density at radius 2 is 2.25 bits per heavy atom. The van der Waals surface area contributed by atoms with E-state index in [1.165, 1.54) is 10.4 Å². The van der Waals surface area contributed by atoms with Crippen LogP contribution in [0.15, 0.2) is 28.7 Å². The number of nitrogens with one attached hydrogen (secondary N) is 1. The van der Waals surface area contributed by atoms with Gasteiger partial charge in [0.05, 0.1) is 11.8 Å². The molecule has 0 radical (unpaired) electrons. The van der Waals surface area contributed by atoms with Crippen LogP contribution in [0.1, 0.15) is 39.7 Å². The van der Waals surface area contributed by atoms with E-state index in [0.717, 1.165) is 36.1 Å². The number of rotatable bonds is 3. The highest BCUT2D eigenvalue weighted by atomic mass is 32.1. The van der Waals surface area contributed by atoms with Gasteiger partial charge in [0.25, 0.3) is 5.91 Å². The summed E-state index contributed by atoms with van der Waals surface area (Å²) in [5, 5.41) is 6.02. The molecule has 1 aromatic heterocycles. The second-order valence-electron chi connectivity index (χ2n) is 6.21. The Morgan fingerprint density at radius 1 is 1.38 bits per heavy atom. The summed E-state index contributed by atoms with van der Waals surface area (Å²) in [6.07, 6.45) is 4.81. The van der Waals surface area contributed by atoms with E-state index < -0.39 is 0 Å². The molecule has 24 heavy (non-hydrogen) atoms. The highest BCUT2D eigenvalue weighted by Gasteiger charge is 2.23. The zero-order valence-electron chi connectivity index (χ0n) is 13.4. The van der Waals surface area contributed by atoms with Gasteiger partial charge < -0.3 is 9.47 Å². The number of thiophene rings is 1. The maximum atomic E-state index is 12.4. The normalized spacial score (nSPS) is 18.6. The first-order chi connectivity index (χ1) is 11.7. The number of nitrogens with zero attached hydrogens (tertiary/aromatic N) is 1. The third-order valence-corrected chi connectivity index (χ3v) is 5.47. The molecule has 124 valence electrons. The second-order valence-corrected chi connectivity index (χ2v) is 7.18. The highest BCUT2D eigenvalue weighted by Crippen LogP contribution is 2.33. The number of hydrogen-bond donors (Lipinski definition) is 1. The fraction of sp³-hybridized carbons (Fsp3) is 0.333. The summed E-state index contributed by atoms with van der Waals surface area (Å²) in [6.45, 7) is 2.51. The molecule has 1 amide bonds. The van der Waals surface area contributed by atoms with Crippen molar-refractivity contribution in [3.63, 3.8) is 0 Å². The molecule has 1 aliphatic heterocycles. The first-order valence-electron chi connectivity index (χ1n) is 8.03. The number of carbonyl (C=O) groups excluding carboxylic acids is 1. The van der Waals surface area contributed by atoms with Crippen LogP contribution in [0.2, 0.25) is 0 Å². The second kappa shape index (κ2) is 6.28. The lowest BCUT2D eigenvalue weighted by Crippen LogP contribution is -2.20. The minimum Gasteiger partial charge on any atom is -0.454 e. The van der Waals surface area contributed by atoms with Crippen LogP contribution in [-0.4, -0.2) is 18.9 Å². The molecule has 0 fully saturated rings. The van der Waals surface area contributed by atoms with Crippen LogP contribution >= 0.6 is 11.3 Å². The van der Waals surface area contributed by atoms with Crippen LogP contribution in [-0.2, 0) is 12.8 Å². The van der Waals surface area contributed by atoms with Gasteiger partial charge in [0.1, 0.15) is 0 Å². The Bertz CT molecular complexity index is 813. The van der Waals surface area contributed by atoms with Gasteiger partial charge in [-0.2, -0.15) is 5.10 Å². The summed E-state index contributed by atoms with van der Waals surface area (Å²) in [6, 6.07) is 5.55. The molecule has 1 aromatic carbocycles. The van der Waals surface area contributed by atoms with Crippen molar-refractivity contribution in [2.24, 2.45) is 11.0 Å². The molecule has 0 spiro atoms. The molecule has 0 saturated carbocycles. The zero-order chi connectivity index (χ0) is 16.5. The number of hydrazone groups is 1. The SMILES string of the molecule is CC1CCc2c(C(=O)N/N=C\c3ccc4c(c3)OCO4)csc2C1. The van der Waals surface area contributed by atoms with Gasteiger partial charge in [0.2, 0.25) is 6.79 Å². The zero-order valence-corrected chi connectivity index (χ0v) is 14.2. The molecule has 0 saturated heterocycles. The number of ether oxygens (including phenoxy) is 2. The standard InChI is InChI=1S/C18H18N2O3S/c1-11-2-4-13-14(9-24-17(13)6-11)18(21)20-19-8-12-3-5-15-16(7-12)23-10-22-15/h3,5,7-9,11H,2,4,6,10H2,1H3,(H,20,21)/b19-8-. The molecule has 1 aliphatic carbocycles. The third-order valence-electron chi connectivity index (χ3n) is 4.42. The molecule has 0 bridgehead atoms. The van der Waals surface area contributed by atoms with Crippen LogP contribution in [0.25, 0.3) is 0 Å². The molecule has 1 N–H and O–H groups in total. The minimum absolute atomic E-state index is 0.140. The number of benzene rings is 1. The molecule has 5 nitrogen and oxygen atoms in total. The molecule has 4 rings (SSSR count). The van der Waals surface area contributed by atoms with Crippen molar-refractivity contribution < 1.29 is 14.3 Å². The molecule has 1 atom stereocenters. The number of fused-ring (bicyclic) bond motifs is 2. The largest absolute Gasteiger partial charge is 0.454 e. The summed E-state index contributed by atoms with van der Waals surface area (Å²) in [7, 11) is 0. The third kappa shape index (κ3) is 2.89. The van der Waals surface area contributed by atoms with E-state index in [9.17, 15) is 4.79 Å². The van der Waals surface area contributed by atoms with Crippen LogP contribution in [0, 0.1) is 5.92 Å². The number of carbonyl (C=O) groups is 1. The summed E-state index contributed by atoms with van der Waals surface area (Å²) < 4.78 is 10.6. The smallest absolute Gasteiger partial charge is 0.272 e. The summed E-state index contributed by atoms with van der Waals surface area (Å²) in [4.78, 5) is 13.7. The Labute approximate surface area is 144 Å². The van der Waals surface area contributed by atoms with E-state index in [0.29, 0.717) is 11.7 Å². The lowest BCUT2D eigenvalue weighted by molar-refractivity contribution is 0.0954. The molecule has 2 aliphatic rings. The monoisotopic (exact) mass is 342 g/mol. The minimum atomic E-state index is -0.140. The lowest BCUT2D eigenvalue weighted by Gasteiger charge is -2.18. The van der Waals surface area contributed by atoms with Crippen molar-refractivity contribution in [2.75, 3.05) is 6.79 Å². The molecular formula is C18H18N2O3S. The Kier molecular flexibility index (Phi) is 3.98. The Balaban J connectivity index is 1.43. The maximum absolute atomic E-state index is 12.4. The average Bonchev–Trinajstić information content (AvgIpc) is 3.20. The fourth-order valence-electron chi connectivity index (χ4n) is 3.09. The van der Waals surface area contributed by atoms with Gasteiger partial charge in [0.15, 0.2) is 11.5 Å². The first kappa shape index (κ1) is 15.2. The van der Waals surface area contributed by atoms with E-state index >= 15 is 0 Å². The lowest BCUT2D eigenvalue weighted by atomic mass is 9.88. The van der Waals surface area contributed by atoms with Crippen molar-refractivity contribution in [3.05, 3.63) is 45.1 Å². The van der Waals surface area contributed by atoms with Crippen LogP contribution in [0.5, 0.6) is 11.5 Å². The van der Waals surface area contributed by atoms with E-state index in [-0.39, 0.29) is 12.7 Å². The number of amides is 1. The van der Waals surface area contributed by atoms with Crippen LogP contribution in [0.3, 0.4) is 0 Å². The first-order valence-corrected chi connectivity index (χ1v) is 8.91. The maximum Gasteiger partial charge on any atom is 0.272 e. The van der Waals surface area contributed by atoms with Gasteiger partial charge >= 0.3 is 0 Å². The van der Waals surface area contributed by atoms with Gasteiger partial charge in [0, 0.05) is 10.3 Å². The molecule has 6 heteroatoms. The predicted octanol–water partition coefficient (Wildman–Crippen LogP) is 3.37. The molecule has 2 aromatic rings. The van der Waals surface area contributed by atoms with Crippen molar-refractivity contribution in [2.45, 2.75) is 26.2 Å². The van der Waals surface area contributed by atoms with Gasteiger partial charge in [-0.25, -0.2) is 5.43 Å². The topological polar surface area (TPSA) is 59.9 Å². The van der Waals surface area contributed by atoms with Crippen molar-refractivity contribution in [1.29, 1.82) is 0 Å². The van der Waals surface area contributed by atoms with Gasteiger partial charge in [-0.3, -0.25) is 4.79 Å². The van der Waals surface area contributed by atoms with E-state index in [2.05, 4.69) is 17.5 Å². The fourth-order valence-corrected chi connectivity index (χ4v) is 4.33. The van der Waals surface area contributed by atoms with Crippen molar-refractivity contribution in [3.8, 4) is 11.5 Å². The van der Waals surface area contributed by atoms with E-state index in [1.54, 1.807) is 17.6 Å². The van der Waals surface area contributed by atoms with E-state index in [4.69, 9.17) is 9.47 Å². The summed E-state index contributed by atoms with van der Waals surface area (Å²) in [5.41, 5.74) is 5.45. The number of hydrogen-bond acceptors (Lipinski definition) is 5. The van der Waals surface area contributed by atoms with Gasteiger partial charge in [-0.05, 0) is 54.5 Å². The molecule has 2 heterocycles. The Morgan fingerprint density at radius 3 is 3.17 bits per heavy atom. The Hall–Kier alpha value is -2.34. The van der Waals surface area contributed by atoms with E-state index in [1.807, 2.05) is 23.6 Å². The van der Waals surface area contributed by atoms with Crippen LogP contribution in [0.4, 0.5) is 0 Å².